The van der Waals surface area contributed by atoms with Gasteiger partial charge in [0.15, 0.2) is 0 Å². The SMILES string of the molecule is NC(=O)CN1CCNC(=O)CC1. The van der Waals surface area contributed by atoms with Gasteiger partial charge in [0, 0.05) is 26.1 Å². The molecule has 1 heterocycles. The van der Waals surface area contributed by atoms with Crippen LogP contribution < -0.4 is 11.1 Å². The van der Waals surface area contributed by atoms with Crippen LogP contribution in [-0.4, -0.2) is 42.9 Å². The molecule has 0 atom stereocenters. The Kier molecular flexibility index (Phi) is 3.04. The molecule has 0 aromatic rings. The summed E-state index contributed by atoms with van der Waals surface area (Å²) in [5.41, 5.74) is 5.02. The van der Waals surface area contributed by atoms with E-state index >= 15 is 0 Å². The van der Waals surface area contributed by atoms with Gasteiger partial charge < -0.3 is 11.1 Å². The lowest BCUT2D eigenvalue weighted by molar-refractivity contribution is -0.121. The molecule has 1 rings (SSSR count). The van der Waals surface area contributed by atoms with E-state index in [2.05, 4.69) is 5.32 Å². The minimum absolute atomic E-state index is 0.0435. The van der Waals surface area contributed by atoms with Crippen molar-refractivity contribution < 1.29 is 9.59 Å². The zero-order chi connectivity index (χ0) is 8.97. The highest BCUT2D eigenvalue weighted by atomic mass is 16.2. The summed E-state index contributed by atoms with van der Waals surface area (Å²) in [4.78, 5) is 23.3. The van der Waals surface area contributed by atoms with Crippen LogP contribution in [0.4, 0.5) is 0 Å². The number of carbonyl (C=O) groups is 2. The number of nitrogens with two attached hydrogens (primary N) is 1. The second-order valence-corrected chi connectivity index (χ2v) is 2.84. The van der Waals surface area contributed by atoms with Crippen molar-refractivity contribution in [3.8, 4) is 0 Å². The maximum Gasteiger partial charge on any atom is 0.231 e. The minimum atomic E-state index is -0.343. The Labute approximate surface area is 70.9 Å². The molecule has 1 aliphatic heterocycles. The third-order valence-corrected chi connectivity index (χ3v) is 1.78. The van der Waals surface area contributed by atoms with E-state index in [1.807, 2.05) is 4.90 Å². The summed E-state index contributed by atoms with van der Waals surface area (Å²) in [6.07, 6.45) is 0.452. The maximum absolute atomic E-state index is 10.9. The van der Waals surface area contributed by atoms with E-state index in [1.165, 1.54) is 0 Å². The van der Waals surface area contributed by atoms with Gasteiger partial charge in [-0.2, -0.15) is 0 Å². The van der Waals surface area contributed by atoms with Crippen molar-refractivity contribution in [3.63, 3.8) is 0 Å². The lowest BCUT2D eigenvalue weighted by Gasteiger charge is -2.15. The van der Waals surface area contributed by atoms with Crippen LogP contribution in [-0.2, 0) is 9.59 Å². The molecule has 0 spiro atoms. The van der Waals surface area contributed by atoms with Gasteiger partial charge in [-0.3, -0.25) is 14.5 Å². The van der Waals surface area contributed by atoms with Crippen molar-refractivity contribution in [2.45, 2.75) is 6.42 Å². The first kappa shape index (κ1) is 8.99. The topological polar surface area (TPSA) is 75.4 Å². The Morgan fingerprint density at radius 2 is 2.33 bits per heavy atom. The van der Waals surface area contributed by atoms with Crippen LogP contribution in [0.25, 0.3) is 0 Å². The highest BCUT2D eigenvalue weighted by Gasteiger charge is 2.13. The van der Waals surface area contributed by atoms with Gasteiger partial charge >= 0.3 is 0 Å². The number of hydrogen-bond acceptors (Lipinski definition) is 3. The summed E-state index contributed by atoms with van der Waals surface area (Å²) in [7, 11) is 0. The summed E-state index contributed by atoms with van der Waals surface area (Å²) in [6.45, 7) is 2.17. The average Bonchev–Trinajstić information content (AvgIpc) is 2.15. The van der Waals surface area contributed by atoms with Gasteiger partial charge in [0.2, 0.25) is 11.8 Å². The molecule has 0 unspecified atom stereocenters. The minimum Gasteiger partial charge on any atom is -0.369 e. The molecule has 0 saturated carbocycles. The Bertz CT molecular complexity index is 193. The van der Waals surface area contributed by atoms with Crippen molar-refractivity contribution >= 4 is 11.8 Å². The normalized spacial score (nSPS) is 19.8. The number of hydrogen-bond donors (Lipinski definition) is 2. The molecule has 12 heavy (non-hydrogen) atoms. The van der Waals surface area contributed by atoms with E-state index in [-0.39, 0.29) is 18.4 Å². The summed E-state index contributed by atoms with van der Waals surface area (Å²) >= 11 is 0. The molecule has 3 N–H and O–H groups in total. The summed E-state index contributed by atoms with van der Waals surface area (Å²) in [6, 6.07) is 0. The van der Waals surface area contributed by atoms with Crippen molar-refractivity contribution in [1.82, 2.24) is 10.2 Å². The zero-order valence-corrected chi connectivity index (χ0v) is 6.88. The van der Waals surface area contributed by atoms with E-state index in [1.54, 1.807) is 0 Å². The van der Waals surface area contributed by atoms with Crippen LogP contribution in [0.3, 0.4) is 0 Å². The maximum atomic E-state index is 10.9. The lowest BCUT2D eigenvalue weighted by atomic mass is 10.4. The van der Waals surface area contributed by atoms with Crippen LogP contribution in [0.15, 0.2) is 0 Å². The molecule has 1 aliphatic rings. The Morgan fingerprint density at radius 1 is 1.58 bits per heavy atom. The monoisotopic (exact) mass is 171 g/mol. The Balaban J connectivity index is 2.35. The molecule has 0 aliphatic carbocycles. The average molecular weight is 171 g/mol. The van der Waals surface area contributed by atoms with E-state index in [0.29, 0.717) is 26.1 Å². The first-order chi connectivity index (χ1) is 5.68. The number of carbonyl (C=O) groups excluding carboxylic acids is 2. The summed E-state index contributed by atoms with van der Waals surface area (Å²) in [5.74, 6) is -0.300. The van der Waals surface area contributed by atoms with Crippen LogP contribution in [0.2, 0.25) is 0 Å². The quantitative estimate of drug-likeness (QED) is 0.519. The van der Waals surface area contributed by atoms with Crippen LogP contribution in [0.1, 0.15) is 6.42 Å². The molecular formula is C7H13N3O2. The number of rotatable bonds is 2. The second kappa shape index (κ2) is 4.06. The summed E-state index contributed by atoms with van der Waals surface area (Å²) in [5, 5.41) is 2.72. The fourth-order valence-corrected chi connectivity index (χ4v) is 1.19. The molecule has 68 valence electrons. The Morgan fingerprint density at radius 3 is 3.00 bits per heavy atom. The third kappa shape index (κ3) is 2.87. The van der Waals surface area contributed by atoms with Gasteiger partial charge in [-0.25, -0.2) is 0 Å². The standard InChI is InChI=1S/C7H13N3O2/c8-6(11)5-10-3-1-7(12)9-2-4-10/h1-5H2,(H2,8,11)(H,9,12). The van der Waals surface area contributed by atoms with Crippen molar-refractivity contribution in [1.29, 1.82) is 0 Å². The van der Waals surface area contributed by atoms with Gasteiger partial charge in [0.1, 0.15) is 0 Å². The molecule has 5 heteroatoms. The highest BCUT2D eigenvalue weighted by Crippen LogP contribution is 1.94. The van der Waals surface area contributed by atoms with E-state index in [0.717, 1.165) is 0 Å². The number of nitrogens with one attached hydrogen (secondary N) is 1. The first-order valence-electron chi connectivity index (χ1n) is 3.96. The van der Waals surface area contributed by atoms with Crippen LogP contribution in [0.5, 0.6) is 0 Å². The fraction of sp³-hybridized carbons (Fsp3) is 0.714. The summed E-state index contributed by atoms with van der Waals surface area (Å²) < 4.78 is 0. The molecule has 1 saturated heterocycles. The van der Waals surface area contributed by atoms with E-state index < -0.39 is 0 Å². The predicted molar refractivity (Wildman–Crippen MR) is 43.3 cm³/mol. The van der Waals surface area contributed by atoms with Gasteiger partial charge in [0.25, 0.3) is 0 Å². The van der Waals surface area contributed by atoms with E-state index in [4.69, 9.17) is 5.73 Å². The number of amides is 2. The largest absolute Gasteiger partial charge is 0.369 e. The molecule has 1 fully saturated rings. The molecular weight excluding hydrogens is 158 g/mol. The van der Waals surface area contributed by atoms with Crippen molar-refractivity contribution in [2.24, 2.45) is 5.73 Å². The number of nitrogens with zero attached hydrogens (tertiary/aromatic N) is 1. The first-order valence-corrected chi connectivity index (χ1v) is 3.96. The molecule has 5 nitrogen and oxygen atoms in total. The smallest absolute Gasteiger partial charge is 0.231 e. The zero-order valence-electron chi connectivity index (χ0n) is 6.88. The molecule has 0 aromatic carbocycles. The fourth-order valence-electron chi connectivity index (χ4n) is 1.19. The van der Waals surface area contributed by atoms with Gasteiger partial charge in [-0.1, -0.05) is 0 Å². The van der Waals surface area contributed by atoms with Gasteiger partial charge in [0.05, 0.1) is 6.54 Å². The Hall–Kier alpha value is -1.10. The highest BCUT2D eigenvalue weighted by molar-refractivity contribution is 5.77. The van der Waals surface area contributed by atoms with Crippen molar-refractivity contribution in [3.05, 3.63) is 0 Å². The van der Waals surface area contributed by atoms with Gasteiger partial charge in [-0.05, 0) is 0 Å². The third-order valence-electron chi connectivity index (χ3n) is 1.78. The lowest BCUT2D eigenvalue weighted by Crippen LogP contribution is -2.36. The molecule has 2 amide bonds. The van der Waals surface area contributed by atoms with Crippen LogP contribution in [0, 0.1) is 0 Å². The number of primary amides is 1. The molecule has 0 aromatic heterocycles. The molecule has 0 bridgehead atoms. The second-order valence-electron chi connectivity index (χ2n) is 2.84. The van der Waals surface area contributed by atoms with Crippen LogP contribution >= 0.6 is 0 Å². The van der Waals surface area contributed by atoms with E-state index in [9.17, 15) is 9.59 Å². The van der Waals surface area contributed by atoms with Gasteiger partial charge in [-0.15, -0.1) is 0 Å². The predicted octanol–water partition coefficient (Wildman–Crippen LogP) is -1.71. The molecule has 0 radical (unpaired) electrons. The van der Waals surface area contributed by atoms with Crippen molar-refractivity contribution in [2.75, 3.05) is 26.2 Å².